The molecule has 4 rings (SSSR count). The molecule has 204 valence electrons. The van der Waals surface area contributed by atoms with Crippen molar-refractivity contribution in [1.82, 2.24) is 4.90 Å². The van der Waals surface area contributed by atoms with E-state index in [9.17, 15) is 14.4 Å². The van der Waals surface area contributed by atoms with Gasteiger partial charge in [-0.15, -0.1) is 0 Å². The van der Waals surface area contributed by atoms with Gasteiger partial charge in [0, 0.05) is 25.8 Å². The van der Waals surface area contributed by atoms with Crippen LogP contribution < -0.4 is 18.9 Å². The largest absolute Gasteiger partial charge is 0.493 e. The topological polar surface area (TPSA) is 101 Å². The first-order chi connectivity index (χ1) is 18.3. The Balaban J connectivity index is 1.69. The highest BCUT2D eigenvalue weighted by Crippen LogP contribution is 2.42. The first-order valence-corrected chi connectivity index (χ1v) is 12.9. The minimum Gasteiger partial charge on any atom is -0.493 e. The fourth-order valence-electron chi connectivity index (χ4n) is 4.75. The minimum absolute atomic E-state index is 0.267. The molecule has 2 heterocycles. The predicted octanol–water partition coefficient (Wildman–Crippen LogP) is 3.88. The average molecular weight is 526 g/mol. The van der Waals surface area contributed by atoms with Crippen molar-refractivity contribution in [1.29, 1.82) is 0 Å². The Morgan fingerprint density at radius 3 is 2.47 bits per heavy atom. The smallest absolute Gasteiger partial charge is 0.291 e. The molecule has 0 bridgehead atoms. The van der Waals surface area contributed by atoms with Crippen LogP contribution in [0.25, 0.3) is 0 Å². The maximum absolute atomic E-state index is 13.8. The van der Waals surface area contributed by atoms with Crippen molar-refractivity contribution in [2.75, 3.05) is 47.2 Å². The van der Waals surface area contributed by atoms with Crippen LogP contribution in [0.15, 0.2) is 36.4 Å². The maximum Gasteiger partial charge on any atom is 0.291 e. The van der Waals surface area contributed by atoms with Gasteiger partial charge in [0.2, 0.25) is 5.78 Å². The number of methoxy groups -OCH3 is 2. The number of carbonyl (C=O) groups is 3. The molecule has 2 aromatic rings. The van der Waals surface area contributed by atoms with Crippen molar-refractivity contribution >= 4 is 17.5 Å². The molecule has 0 radical (unpaired) electrons. The van der Waals surface area contributed by atoms with Gasteiger partial charge < -0.3 is 28.6 Å². The fourth-order valence-corrected chi connectivity index (χ4v) is 4.75. The molecule has 0 N–H and O–H groups in total. The van der Waals surface area contributed by atoms with Crippen molar-refractivity contribution in [3.63, 3.8) is 0 Å². The Bertz CT molecular complexity index is 1180. The number of likely N-dealkylation sites (tertiary alicyclic amines) is 1. The van der Waals surface area contributed by atoms with E-state index in [1.807, 2.05) is 0 Å². The molecule has 9 heteroatoms. The number of carbonyl (C=O) groups excluding carboxylic acids is 3. The van der Waals surface area contributed by atoms with E-state index < -0.39 is 29.4 Å². The SMILES string of the molecule is COCCCN1C(=O)C(=O)C(C(=O)c2ccc3c(c2)OCCO3)C1c1ccc(OCCC(C)C)c(OC)c1. The van der Waals surface area contributed by atoms with Crippen LogP contribution in [0.5, 0.6) is 23.0 Å². The Morgan fingerprint density at radius 2 is 1.76 bits per heavy atom. The van der Waals surface area contributed by atoms with Gasteiger partial charge in [-0.05, 0) is 54.7 Å². The molecular weight excluding hydrogens is 490 g/mol. The van der Waals surface area contributed by atoms with Crippen LogP contribution in [-0.4, -0.2) is 69.6 Å². The van der Waals surface area contributed by atoms with E-state index in [0.29, 0.717) is 67.3 Å². The van der Waals surface area contributed by atoms with Gasteiger partial charge in [-0.1, -0.05) is 19.9 Å². The quantitative estimate of drug-likeness (QED) is 0.178. The number of nitrogens with zero attached hydrogens (tertiary/aromatic N) is 1. The summed E-state index contributed by atoms with van der Waals surface area (Å²) in [6.45, 7) is 6.24. The van der Waals surface area contributed by atoms with Gasteiger partial charge in [0.15, 0.2) is 28.8 Å². The molecular formula is C29H35NO8. The molecule has 9 nitrogen and oxygen atoms in total. The van der Waals surface area contributed by atoms with Gasteiger partial charge in [-0.2, -0.15) is 0 Å². The summed E-state index contributed by atoms with van der Waals surface area (Å²) in [6.07, 6.45) is 1.40. The van der Waals surface area contributed by atoms with E-state index in [2.05, 4.69) is 13.8 Å². The second-order valence-electron chi connectivity index (χ2n) is 9.80. The first-order valence-electron chi connectivity index (χ1n) is 12.9. The third-order valence-corrected chi connectivity index (χ3v) is 6.74. The van der Waals surface area contributed by atoms with Crippen LogP contribution in [-0.2, 0) is 14.3 Å². The summed E-state index contributed by atoms with van der Waals surface area (Å²) in [5.41, 5.74) is 0.898. The molecule has 2 aliphatic heterocycles. The fraction of sp³-hybridized carbons (Fsp3) is 0.483. The van der Waals surface area contributed by atoms with Crippen molar-refractivity contribution in [2.24, 2.45) is 11.8 Å². The number of amides is 1. The summed E-state index contributed by atoms with van der Waals surface area (Å²) in [5, 5.41) is 0. The predicted molar refractivity (Wildman–Crippen MR) is 139 cm³/mol. The van der Waals surface area contributed by atoms with E-state index >= 15 is 0 Å². The summed E-state index contributed by atoms with van der Waals surface area (Å²) < 4.78 is 27.8. The van der Waals surface area contributed by atoms with Crippen molar-refractivity contribution in [2.45, 2.75) is 32.7 Å². The summed E-state index contributed by atoms with van der Waals surface area (Å²) >= 11 is 0. The van der Waals surface area contributed by atoms with Gasteiger partial charge in [0.25, 0.3) is 5.91 Å². The van der Waals surface area contributed by atoms with Gasteiger partial charge in [0.1, 0.15) is 19.1 Å². The van der Waals surface area contributed by atoms with E-state index in [1.54, 1.807) is 43.5 Å². The third kappa shape index (κ3) is 5.78. The van der Waals surface area contributed by atoms with Crippen molar-refractivity contribution in [3.05, 3.63) is 47.5 Å². The lowest BCUT2D eigenvalue weighted by molar-refractivity contribution is -0.140. The van der Waals surface area contributed by atoms with Crippen LogP contribution >= 0.6 is 0 Å². The molecule has 2 aliphatic rings. The summed E-state index contributed by atoms with van der Waals surface area (Å²) in [7, 11) is 3.11. The van der Waals surface area contributed by atoms with Crippen LogP contribution in [0, 0.1) is 11.8 Å². The Labute approximate surface area is 222 Å². The zero-order valence-electron chi connectivity index (χ0n) is 22.4. The highest BCUT2D eigenvalue weighted by molar-refractivity contribution is 6.44. The molecule has 38 heavy (non-hydrogen) atoms. The first kappa shape index (κ1) is 27.4. The second-order valence-corrected chi connectivity index (χ2v) is 9.80. The molecule has 0 aromatic heterocycles. The van der Waals surface area contributed by atoms with Crippen LogP contribution in [0.4, 0.5) is 0 Å². The Hall–Kier alpha value is -3.59. The Kier molecular flexibility index (Phi) is 8.89. The lowest BCUT2D eigenvalue weighted by atomic mass is 9.86. The van der Waals surface area contributed by atoms with Crippen LogP contribution in [0.3, 0.4) is 0 Å². The normalized spacial score (nSPS) is 18.7. The number of Topliss-reactive ketones (excluding diaryl/α,β-unsaturated/α-hetero) is 2. The van der Waals surface area contributed by atoms with Crippen LogP contribution in [0.2, 0.25) is 0 Å². The molecule has 0 spiro atoms. The van der Waals surface area contributed by atoms with E-state index in [4.69, 9.17) is 23.7 Å². The monoisotopic (exact) mass is 525 g/mol. The highest BCUT2D eigenvalue weighted by atomic mass is 16.6. The third-order valence-electron chi connectivity index (χ3n) is 6.74. The number of benzene rings is 2. The second kappa shape index (κ2) is 12.3. The van der Waals surface area contributed by atoms with Crippen molar-refractivity contribution in [3.8, 4) is 23.0 Å². The van der Waals surface area contributed by atoms with Gasteiger partial charge in [-0.25, -0.2) is 0 Å². The Morgan fingerprint density at radius 1 is 1.00 bits per heavy atom. The van der Waals surface area contributed by atoms with E-state index in [1.165, 1.54) is 12.0 Å². The lowest BCUT2D eigenvalue weighted by Gasteiger charge is -2.28. The lowest BCUT2D eigenvalue weighted by Crippen LogP contribution is -2.32. The maximum atomic E-state index is 13.8. The van der Waals surface area contributed by atoms with E-state index in [0.717, 1.165) is 6.42 Å². The van der Waals surface area contributed by atoms with Crippen molar-refractivity contribution < 1.29 is 38.1 Å². The number of fused-ring (bicyclic) bond motifs is 1. The van der Waals surface area contributed by atoms with Gasteiger partial charge in [0.05, 0.1) is 19.8 Å². The standard InChI is InChI=1S/C29H35NO8/c1-18(2)10-13-36-21-8-6-19(16-23(21)35-4)26-25(28(32)29(33)30(26)11-5-12-34-3)27(31)20-7-9-22-24(17-20)38-15-14-37-22/h6-9,16-18,25-26H,5,10-15H2,1-4H3. The van der Waals surface area contributed by atoms with Gasteiger partial charge >= 0.3 is 0 Å². The summed E-state index contributed by atoms with van der Waals surface area (Å²) in [4.78, 5) is 41.7. The highest BCUT2D eigenvalue weighted by Gasteiger charge is 2.51. The number of ketones is 2. The molecule has 2 aromatic carbocycles. The molecule has 2 unspecified atom stereocenters. The number of rotatable bonds is 12. The average Bonchev–Trinajstić information content (AvgIpc) is 3.17. The zero-order valence-corrected chi connectivity index (χ0v) is 22.4. The molecule has 2 atom stereocenters. The number of hydrogen-bond donors (Lipinski definition) is 0. The molecule has 1 saturated heterocycles. The molecule has 1 amide bonds. The summed E-state index contributed by atoms with van der Waals surface area (Å²) in [6, 6.07) is 9.33. The minimum atomic E-state index is -1.22. The van der Waals surface area contributed by atoms with Crippen LogP contribution in [0.1, 0.15) is 48.7 Å². The number of hydrogen-bond acceptors (Lipinski definition) is 8. The number of ether oxygens (including phenoxy) is 5. The molecule has 1 fully saturated rings. The van der Waals surface area contributed by atoms with E-state index in [-0.39, 0.29) is 12.1 Å². The molecule has 0 saturated carbocycles. The summed E-state index contributed by atoms with van der Waals surface area (Å²) in [5.74, 6) is -0.575. The van der Waals surface area contributed by atoms with Gasteiger partial charge in [-0.3, -0.25) is 14.4 Å². The zero-order chi connectivity index (χ0) is 27.2. The molecule has 0 aliphatic carbocycles.